The molecule has 122 valence electrons. The van der Waals surface area contributed by atoms with E-state index in [-0.39, 0.29) is 18.1 Å². The van der Waals surface area contributed by atoms with E-state index in [4.69, 9.17) is 9.47 Å². The molecule has 1 aromatic carbocycles. The minimum atomic E-state index is -0.628. The number of aromatic nitrogens is 1. The first-order valence-corrected chi connectivity index (χ1v) is 7.13. The number of hydrogen-bond donors (Lipinski definition) is 1. The molecule has 1 amide bonds. The lowest BCUT2D eigenvalue weighted by Gasteiger charge is -2.13. The van der Waals surface area contributed by atoms with E-state index < -0.39 is 6.09 Å². The molecule has 1 N–H and O–H groups in total. The number of carbonyl (C=O) groups is 1. The zero-order valence-corrected chi connectivity index (χ0v) is 13.6. The number of nitrogens with zero attached hydrogens (tertiary/aromatic N) is 1. The van der Waals surface area contributed by atoms with Crippen LogP contribution in [0.25, 0.3) is 0 Å². The molecule has 0 radical (unpaired) electrons. The standard InChI is InChI=1S/C17H19FN2O3/c1-10-7-13(5-6-14(10)18)23-17(21)20-9-15-12(3)16(22-4)11(2)8-19-15/h5-8H,9H2,1-4H3,(H,20,21). The minimum Gasteiger partial charge on any atom is -0.496 e. The first-order chi connectivity index (χ1) is 10.9. The molecule has 1 heterocycles. The van der Waals surface area contributed by atoms with Crippen LogP contribution < -0.4 is 14.8 Å². The summed E-state index contributed by atoms with van der Waals surface area (Å²) in [5, 5.41) is 2.62. The minimum absolute atomic E-state index is 0.210. The summed E-state index contributed by atoms with van der Waals surface area (Å²) in [4.78, 5) is 16.1. The van der Waals surface area contributed by atoms with E-state index in [1.165, 1.54) is 18.2 Å². The highest BCUT2D eigenvalue weighted by atomic mass is 19.1. The Hall–Kier alpha value is -2.63. The summed E-state index contributed by atoms with van der Waals surface area (Å²) in [6, 6.07) is 4.13. The Bertz CT molecular complexity index is 732. The van der Waals surface area contributed by atoms with Gasteiger partial charge in [-0.15, -0.1) is 0 Å². The Balaban J connectivity index is 2.00. The lowest BCUT2D eigenvalue weighted by molar-refractivity contribution is 0.199. The number of pyridine rings is 1. The molecule has 0 unspecified atom stereocenters. The molecule has 23 heavy (non-hydrogen) atoms. The maximum absolute atomic E-state index is 13.2. The number of rotatable bonds is 4. The third-order valence-corrected chi connectivity index (χ3v) is 3.49. The average Bonchev–Trinajstić information content (AvgIpc) is 2.51. The van der Waals surface area contributed by atoms with Crippen LogP contribution in [0.15, 0.2) is 24.4 Å². The van der Waals surface area contributed by atoms with E-state index in [0.29, 0.717) is 11.3 Å². The van der Waals surface area contributed by atoms with Gasteiger partial charge in [0.2, 0.25) is 0 Å². The SMILES string of the molecule is COc1c(C)cnc(CNC(=O)Oc2ccc(F)c(C)c2)c1C. The maximum Gasteiger partial charge on any atom is 0.412 e. The topological polar surface area (TPSA) is 60.5 Å². The average molecular weight is 318 g/mol. The number of amides is 1. The quantitative estimate of drug-likeness (QED) is 0.938. The molecule has 6 heteroatoms. The van der Waals surface area contributed by atoms with Crippen LogP contribution in [0.3, 0.4) is 0 Å². The van der Waals surface area contributed by atoms with E-state index in [1.54, 1.807) is 20.2 Å². The van der Waals surface area contributed by atoms with Gasteiger partial charge in [-0.3, -0.25) is 4.98 Å². The van der Waals surface area contributed by atoms with Gasteiger partial charge >= 0.3 is 6.09 Å². The van der Waals surface area contributed by atoms with Gasteiger partial charge < -0.3 is 14.8 Å². The summed E-state index contributed by atoms with van der Waals surface area (Å²) in [6.45, 7) is 5.60. The van der Waals surface area contributed by atoms with Gasteiger partial charge in [-0.1, -0.05) is 0 Å². The molecular weight excluding hydrogens is 299 g/mol. The number of aryl methyl sites for hydroxylation is 2. The van der Waals surface area contributed by atoms with Crippen molar-refractivity contribution in [3.63, 3.8) is 0 Å². The van der Waals surface area contributed by atoms with Crippen LogP contribution in [0, 0.1) is 26.6 Å². The summed E-state index contributed by atoms with van der Waals surface area (Å²) in [5.74, 6) is 0.691. The number of hydrogen-bond acceptors (Lipinski definition) is 4. The van der Waals surface area contributed by atoms with Gasteiger partial charge in [0.05, 0.1) is 19.3 Å². The number of carbonyl (C=O) groups excluding carboxylic acids is 1. The van der Waals surface area contributed by atoms with E-state index in [0.717, 1.165) is 16.9 Å². The number of benzene rings is 1. The van der Waals surface area contributed by atoms with E-state index in [1.807, 2.05) is 13.8 Å². The second kappa shape index (κ2) is 7.09. The predicted octanol–water partition coefficient (Wildman–Crippen LogP) is 3.44. The Morgan fingerprint density at radius 2 is 2.00 bits per heavy atom. The lowest BCUT2D eigenvalue weighted by Crippen LogP contribution is -2.27. The van der Waals surface area contributed by atoms with Crippen LogP contribution in [0.4, 0.5) is 9.18 Å². The molecule has 0 aliphatic carbocycles. The summed E-state index contributed by atoms with van der Waals surface area (Å²) in [6.07, 6.45) is 1.06. The van der Waals surface area contributed by atoms with E-state index in [9.17, 15) is 9.18 Å². The van der Waals surface area contributed by atoms with Crippen molar-refractivity contribution in [3.05, 3.63) is 52.6 Å². The van der Waals surface area contributed by atoms with Crippen molar-refractivity contribution in [2.45, 2.75) is 27.3 Å². The Morgan fingerprint density at radius 3 is 2.65 bits per heavy atom. The molecule has 0 saturated heterocycles. The highest BCUT2D eigenvalue weighted by Gasteiger charge is 2.11. The fraction of sp³-hybridized carbons (Fsp3) is 0.294. The van der Waals surface area contributed by atoms with Gasteiger partial charge in [0.15, 0.2) is 0 Å². The van der Waals surface area contributed by atoms with Gasteiger partial charge in [-0.05, 0) is 44.5 Å². The molecule has 2 aromatic rings. The van der Waals surface area contributed by atoms with Gasteiger partial charge in [0.25, 0.3) is 0 Å². The second-order valence-corrected chi connectivity index (χ2v) is 5.20. The smallest absolute Gasteiger partial charge is 0.412 e. The Labute approximate surface area is 134 Å². The Morgan fingerprint density at radius 1 is 1.26 bits per heavy atom. The number of methoxy groups -OCH3 is 1. The van der Waals surface area contributed by atoms with Crippen LogP contribution in [-0.4, -0.2) is 18.2 Å². The van der Waals surface area contributed by atoms with Crippen molar-refractivity contribution in [3.8, 4) is 11.5 Å². The maximum atomic E-state index is 13.2. The lowest BCUT2D eigenvalue weighted by atomic mass is 10.1. The van der Waals surface area contributed by atoms with Crippen molar-refractivity contribution in [1.29, 1.82) is 0 Å². The third-order valence-electron chi connectivity index (χ3n) is 3.49. The van der Waals surface area contributed by atoms with Gasteiger partial charge in [0, 0.05) is 17.3 Å². The molecule has 2 rings (SSSR count). The van der Waals surface area contributed by atoms with Crippen molar-refractivity contribution < 1.29 is 18.7 Å². The van der Waals surface area contributed by atoms with Gasteiger partial charge in [-0.2, -0.15) is 0 Å². The van der Waals surface area contributed by atoms with Crippen LogP contribution in [0.5, 0.6) is 11.5 Å². The molecule has 0 aliphatic rings. The summed E-state index contributed by atoms with van der Waals surface area (Å²) in [5.41, 5.74) is 2.90. The molecule has 0 bridgehead atoms. The van der Waals surface area contributed by atoms with Gasteiger partial charge in [0.1, 0.15) is 17.3 Å². The van der Waals surface area contributed by atoms with E-state index >= 15 is 0 Å². The molecule has 5 nitrogen and oxygen atoms in total. The summed E-state index contributed by atoms with van der Waals surface area (Å²) in [7, 11) is 1.59. The molecular formula is C17H19FN2O3. The van der Waals surface area contributed by atoms with Crippen molar-refractivity contribution in [1.82, 2.24) is 10.3 Å². The summed E-state index contributed by atoms with van der Waals surface area (Å²) < 4.78 is 23.6. The largest absolute Gasteiger partial charge is 0.496 e. The highest BCUT2D eigenvalue weighted by molar-refractivity contribution is 5.70. The van der Waals surface area contributed by atoms with Crippen LogP contribution >= 0.6 is 0 Å². The predicted molar refractivity (Wildman–Crippen MR) is 84.3 cm³/mol. The van der Waals surface area contributed by atoms with Crippen molar-refractivity contribution in [2.24, 2.45) is 0 Å². The first-order valence-electron chi connectivity index (χ1n) is 7.13. The molecule has 1 aromatic heterocycles. The normalized spacial score (nSPS) is 10.3. The number of ether oxygens (including phenoxy) is 2. The Kier molecular flexibility index (Phi) is 5.16. The highest BCUT2D eigenvalue weighted by Crippen LogP contribution is 2.23. The molecule has 0 spiro atoms. The fourth-order valence-electron chi connectivity index (χ4n) is 2.23. The second-order valence-electron chi connectivity index (χ2n) is 5.20. The first kappa shape index (κ1) is 16.7. The zero-order chi connectivity index (χ0) is 17.0. The molecule has 0 aliphatic heterocycles. The van der Waals surface area contributed by atoms with Crippen LogP contribution in [-0.2, 0) is 6.54 Å². The fourth-order valence-corrected chi connectivity index (χ4v) is 2.23. The molecule has 0 saturated carbocycles. The molecule has 0 fully saturated rings. The number of halogens is 1. The van der Waals surface area contributed by atoms with Crippen LogP contribution in [0.2, 0.25) is 0 Å². The monoisotopic (exact) mass is 318 g/mol. The number of nitrogens with one attached hydrogen (secondary N) is 1. The van der Waals surface area contributed by atoms with Gasteiger partial charge in [-0.25, -0.2) is 9.18 Å². The van der Waals surface area contributed by atoms with Crippen molar-refractivity contribution >= 4 is 6.09 Å². The van der Waals surface area contributed by atoms with E-state index in [2.05, 4.69) is 10.3 Å². The van der Waals surface area contributed by atoms with Crippen molar-refractivity contribution in [2.75, 3.05) is 7.11 Å². The zero-order valence-electron chi connectivity index (χ0n) is 13.6. The van der Waals surface area contributed by atoms with Crippen LogP contribution in [0.1, 0.15) is 22.4 Å². The molecule has 0 atom stereocenters. The summed E-state index contributed by atoms with van der Waals surface area (Å²) >= 11 is 0. The third kappa shape index (κ3) is 3.97.